The molecule has 0 bridgehead atoms. The second kappa shape index (κ2) is 7.56. The lowest BCUT2D eigenvalue weighted by molar-refractivity contribution is -0.133. The molecule has 4 N–H and O–H groups in total. The van der Waals surface area contributed by atoms with Crippen molar-refractivity contribution in [3.63, 3.8) is 0 Å². The molecule has 0 aromatic heterocycles. The van der Waals surface area contributed by atoms with Crippen molar-refractivity contribution in [2.75, 3.05) is 30.6 Å². The normalized spacial score (nSPS) is 9.96. The third-order valence-electron chi connectivity index (χ3n) is 3.12. The van der Waals surface area contributed by atoms with Crippen LogP contribution in [0.15, 0.2) is 36.4 Å². The lowest BCUT2D eigenvalue weighted by Gasteiger charge is -2.12. The maximum atomic E-state index is 12.1. The van der Waals surface area contributed by atoms with Gasteiger partial charge in [0.15, 0.2) is 0 Å². The summed E-state index contributed by atoms with van der Waals surface area (Å²) in [5.74, 6) is -0.820. The number of carbonyl (C=O) groups is 2. The van der Waals surface area contributed by atoms with Crippen molar-refractivity contribution in [1.82, 2.24) is 0 Å². The number of hydrogen-bond acceptors (Lipinski definition) is 5. The highest BCUT2D eigenvalue weighted by molar-refractivity contribution is 6.44. The Morgan fingerprint density at radius 1 is 1.00 bits per heavy atom. The predicted octanol–water partition coefficient (Wildman–Crippen LogP) is 2.52. The van der Waals surface area contributed by atoms with Crippen LogP contribution in [0, 0.1) is 0 Å². The molecule has 0 unspecified atom stereocenters. The first kappa shape index (κ1) is 17.4. The van der Waals surface area contributed by atoms with Gasteiger partial charge < -0.3 is 25.8 Å². The molecule has 0 radical (unpaired) electrons. The van der Waals surface area contributed by atoms with Gasteiger partial charge in [-0.15, -0.1) is 0 Å². The van der Waals surface area contributed by atoms with Crippen molar-refractivity contribution in [2.24, 2.45) is 0 Å². The zero-order valence-corrected chi connectivity index (χ0v) is 13.8. The molecule has 0 aliphatic heterocycles. The molecule has 0 spiro atoms. The average Bonchev–Trinajstić information content (AvgIpc) is 2.58. The van der Waals surface area contributed by atoms with Gasteiger partial charge in [0.25, 0.3) is 0 Å². The smallest absolute Gasteiger partial charge is 0.314 e. The van der Waals surface area contributed by atoms with E-state index >= 15 is 0 Å². The van der Waals surface area contributed by atoms with E-state index in [1.807, 2.05) is 0 Å². The van der Waals surface area contributed by atoms with Crippen LogP contribution >= 0.6 is 11.6 Å². The Morgan fingerprint density at radius 3 is 2.33 bits per heavy atom. The molecule has 0 saturated heterocycles. The third-order valence-corrected chi connectivity index (χ3v) is 3.45. The number of benzene rings is 2. The second-order valence-electron chi connectivity index (χ2n) is 4.71. The molecule has 0 aliphatic carbocycles. The van der Waals surface area contributed by atoms with E-state index < -0.39 is 11.8 Å². The van der Waals surface area contributed by atoms with Gasteiger partial charge in [-0.3, -0.25) is 9.59 Å². The van der Waals surface area contributed by atoms with E-state index in [0.717, 1.165) is 0 Å². The SMILES string of the molecule is COc1ccc(OC)c(NC(=O)C(=O)Nc2ccc(N)c(Cl)c2)c1. The first-order valence-electron chi connectivity index (χ1n) is 6.84. The fraction of sp³-hybridized carbons (Fsp3) is 0.125. The van der Waals surface area contributed by atoms with Gasteiger partial charge >= 0.3 is 11.8 Å². The molecule has 2 aromatic carbocycles. The lowest BCUT2D eigenvalue weighted by atomic mass is 10.2. The number of nitrogens with one attached hydrogen (secondary N) is 2. The Kier molecular flexibility index (Phi) is 5.49. The van der Waals surface area contributed by atoms with Crippen molar-refractivity contribution < 1.29 is 19.1 Å². The van der Waals surface area contributed by atoms with Gasteiger partial charge in [-0.25, -0.2) is 0 Å². The van der Waals surface area contributed by atoms with E-state index in [1.165, 1.54) is 26.4 Å². The molecular formula is C16H16ClN3O4. The van der Waals surface area contributed by atoms with Crippen LogP contribution in [0.1, 0.15) is 0 Å². The number of nitrogens with two attached hydrogens (primary N) is 1. The third kappa shape index (κ3) is 4.08. The van der Waals surface area contributed by atoms with Crippen LogP contribution in [0.4, 0.5) is 17.1 Å². The number of nitrogen functional groups attached to an aromatic ring is 1. The van der Waals surface area contributed by atoms with Crippen LogP contribution in [0.5, 0.6) is 11.5 Å². The predicted molar refractivity (Wildman–Crippen MR) is 92.7 cm³/mol. The van der Waals surface area contributed by atoms with Gasteiger partial charge in [0.05, 0.1) is 30.6 Å². The Bertz CT molecular complexity index is 780. The molecule has 8 heteroatoms. The van der Waals surface area contributed by atoms with Crippen molar-refractivity contribution in [1.29, 1.82) is 0 Å². The summed E-state index contributed by atoms with van der Waals surface area (Å²) in [6.07, 6.45) is 0. The monoisotopic (exact) mass is 349 g/mol. The van der Waals surface area contributed by atoms with E-state index in [9.17, 15) is 9.59 Å². The second-order valence-corrected chi connectivity index (χ2v) is 5.12. The average molecular weight is 350 g/mol. The number of halogens is 1. The summed E-state index contributed by atoms with van der Waals surface area (Å²) in [5.41, 5.74) is 6.63. The minimum Gasteiger partial charge on any atom is -0.497 e. The number of rotatable bonds is 4. The largest absolute Gasteiger partial charge is 0.497 e. The molecule has 24 heavy (non-hydrogen) atoms. The van der Waals surface area contributed by atoms with Crippen LogP contribution in [0.25, 0.3) is 0 Å². The number of ether oxygens (including phenoxy) is 2. The summed E-state index contributed by atoms with van der Waals surface area (Å²) in [5, 5.41) is 5.18. The van der Waals surface area contributed by atoms with Crippen LogP contribution in [-0.4, -0.2) is 26.0 Å². The summed E-state index contributed by atoms with van der Waals surface area (Å²) in [6, 6.07) is 9.36. The minimum absolute atomic E-state index is 0.280. The van der Waals surface area contributed by atoms with Gasteiger partial charge in [-0.2, -0.15) is 0 Å². The van der Waals surface area contributed by atoms with Gasteiger partial charge in [0, 0.05) is 11.8 Å². The molecule has 2 amide bonds. The van der Waals surface area contributed by atoms with E-state index in [1.54, 1.807) is 24.3 Å². The Labute approximate surface area is 143 Å². The van der Waals surface area contributed by atoms with Gasteiger partial charge in [-0.05, 0) is 30.3 Å². The molecule has 0 aliphatic rings. The Morgan fingerprint density at radius 2 is 1.71 bits per heavy atom. The topological polar surface area (TPSA) is 103 Å². The van der Waals surface area contributed by atoms with Gasteiger partial charge in [-0.1, -0.05) is 11.6 Å². The maximum Gasteiger partial charge on any atom is 0.314 e. The minimum atomic E-state index is -0.866. The van der Waals surface area contributed by atoms with Crippen LogP contribution in [0.3, 0.4) is 0 Å². The molecule has 0 heterocycles. The van der Waals surface area contributed by atoms with E-state index in [0.29, 0.717) is 28.6 Å². The number of carbonyl (C=O) groups excluding carboxylic acids is 2. The maximum absolute atomic E-state index is 12.1. The highest BCUT2D eigenvalue weighted by Gasteiger charge is 2.17. The zero-order valence-electron chi connectivity index (χ0n) is 13.1. The van der Waals surface area contributed by atoms with Crippen molar-refractivity contribution in [3.8, 4) is 11.5 Å². The van der Waals surface area contributed by atoms with Gasteiger partial charge in [0.2, 0.25) is 0 Å². The highest BCUT2D eigenvalue weighted by Crippen LogP contribution is 2.29. The number of hydrogen-bond donors (Lipinski definition) is 3. The highest BCUT2D eigenvalue weighted by atomic mass is 35.5. The van der Waals surface area contributed by atoms with Gasteiger partial charge in [0.1, 0.15) is 11.5 Å². The summed E-state index contributed by atoms with van der Waals surface area (Å²) in [6.45, 7) is 0. The molecule has 0 fully saturated rings. The zero-order chi connectivity index (χ0) is 17.7. The summed E-state index contributed by atoms with van der Waals surface area (Å²) >= 11 is 5.87. The van der Waals surface area contributed by atoms with Crippen LogP contribution < -0.4 is 25.8 Å². The first-order chi connectivity index (χ1) is 11.4. The van der Waals surface area contributed by atoms with E-state index in [2.05, 4.69) is 10.6 Å². The quantitative estimate of drug-likeness (QED) is 0.581. The fourth-order valence-corrected chi connectivity index (χ4v) is 2.06. The first-order valence-corrected chi connectivity index (χ1v) is 7.21. The molecule has 126 valence electrons. The molecule has 0 atom stereocenters. The summed E-state index contributed by atoms with van der Waals surface area (Å²) in [7, 11) is 2.94. The molecule has 0 saturated carbocycles. The molecule has 2 aromatic rings. The molecule has 7 nitrogen and oxygen atoms in total. The lowest BCUT2D eigenvalue weighted by Crippen LogP contribution is -2.29. The van der Waals surface area contributed by atoms with Crippen molar-refractivity contribution in [2.45, 2.75) is 0 Å². The molecule has 2 rings (SSSR count). The number of methoxy groups -OCH3 is 2. The van der Waals surface area contributed by atoms with Crippen molar-refractivity contribution >= 4 is 40.5 Å². The Balaban J connectivity index is 2.11. The number of anilines is 3. The van der Waals surface area contributed by atoms with E-state index in [-0.39, 0.29) is 5.02 Å². The number of amides is 2. The van der Waals surface area contributed by atoms with E-state index in [4.69, 9.17) is 26.8 Å². The van der Waals surface area contributed by atoms with Crippen LogP contribution in [-0.2, 0) is 9.59 Å². The summed E-state index contributed by atoms with van der Waals surface area (Å²) < 4.78 is 10.2. The molecular weight excluding hydrogens is 334 g/mol. The fourth-order valence-electron chi connectivity index (χ4n) is 1.88. The van der Waals surface area contributed by atoms with Crippen molar-refractivity contribution in [3.05, 3.63) is 41.4 Å². The standard InChI is InChI=1S/C16H16ClN3O4/c1-23-10-4-6-14(24-2)13(8-10)20-16(22)15(21)19-9-3-5-12(18)11(17)7-9/h3-8H,18H2,1-2H3,(H,19,21)(H,20,22). The van der Waals surface area contributed by atoms with Crippen LogP contribution in [0.2, 0.25) is 5.02 Å². The summed E-state index contributed by atoms with van der Waals surface area (Å²) in [4.78, 5) is 24.1. The Hall–Kier alpha value is -2.93.